The van der Waals surface area contributed by atoms with Crippen molar-refractivity contribution in [3.05, 3.63) is 64.7 Å². The molecule has 3 N–H and O–H groups in total. The van der Waals surface area contributed by atoms with Gasteiger partial charge in [-0.05, 0) is 35.9 Å². The molecule has 0 aliphatic carbocycles. The average Bonchev–Trinajstić information content (AvgIpc) is 2.68. The van der Waals surface area contributed by atoms with E-state index in [0.29, 0.717) is 25.2 Å². The van der Waals surface area contributed by atoms with Crippen molar-refractivity contribution >= 4 is 29.1 Å². The predicted octanol–water partition coefficient (Wildman–Crippen LogP) is 1.88. The Morgan fingerprint density at radius 3 is 2.48 bits per heavy atom. The highest BCUT2D eigenvalue weighted by Crippen LogP contribution is 2.20. The topological polar surface area (TPSA) is 78.7 Å². The molecule has 1 heterocycles. The van der Waals surface area contributed by atoms with Crippen LogP contribution in [0.5, 0.6) is 0 Å². The molecular formula is C20H23ClN4O2. The van der Waals surface area contributed by atoms with Crippen molar-refractivity contribution in [2.75, 3.05) is 37.6 Å². The highest BCUT2D eigenvalue weighted by molar-refractivity contribution is 6.30. The summed E-state index contributed by atoms with van der Waals surface area (Å²) < 4.78 is 0. The Hall–Kier alpha value is -2.57. The fraction of sp³-hybridized carbons (Fsp3) is 0.300. The Kier molecular flexibility index (Phi) is 6.32. The summed E-state index contributed by atoms with van der Waals surface area (Å²) in [7, 11) is 0. The van der Waals surface area contributed by atoms with E-state index < -0.39 is 5.91 Å². The molecule has 3 rings (SSSR count). The van der Waals surface area contributed by atoms with Gasteiger partial charge in [-0.25, -0.2) is 0 Å². The molecule has 1 aliphatic rings. The van der Waals surface area contributed by atoms with Gasteiger partial charge in [-0.2, -0.15) is 0 Å². The molecule has 0 spiro atoms. The number of amides is 2. The third-order valence-electron chi connectivity index (χ3n) is 4.62. The van der Waals surface area contributed by atoms with E-state index in [2.05, 4.69) is 10.2 Å². The Bertz CT molecular complexity index is 819. The Balaban J connectivity index is 1.44. The number of anilines is 1. The van der Waals surface area contributed by atoms with Crippen LogP contribution in [0, 0.1) is 0 Å². The average molecular weight is 387 g/mol. The van der Waals surface area contributed by atoms with Crippen LogP contribution in [0.3, 0.4) is 0 Å². The Morgan fingerprint density at radius 2 is 1.78 bits per heavy atom. The molecule has 1 aliphatic heterocycles. The minimum Gasteiger partial charge on any atom is -0.368 e. The zero-order chi connectivity index (χ0) is 19.2. The number of nitrogens with zero attached hydrogens (tertiary/aromatic N) is 2. The maximum Gasteiger partial charge on any atom is 0.248 e. The first-order valence-electron chi connectivity index (χ1n) is 8.90. The highest BCUT2D eigenvalue weighted by Gasteiger charge is 2.21. The second kappa shape index (κ2) is 8.88. The van der Waals surface area contributed by atoms with E-state index in [0.717, 1.165) is 29.4 Å². The summed E-state index contributed by atoms with van der Waals surface area (Å²) >= 11 is 6.05. The smallest absolute Gasteiger partial charge is 0.248 e. The lowest BCUT2D eigenvalue weighted by Gasteiger charge is -2.36. The molecule has 2 aromatic carbocycles. The second-order valence-corrected chi connectivity index (χ2v) is 6.95. The van der Waals surface area contributed by atoms with Crippen LogP contribution in [0.25, 0.3) is 0 Å². The van der Waals surface area contributed by atoms with Crippen molar-refractivity contribution in [1.82, 2.24) is 10.2 Å². The first kappa shape index (κ1) is 19.2. The van der Waals surface area contributed by atoms with Crippen LogP contribution in [0.1, 0.15) is 15.9 Å². The molecule has 2 aromatic rings. The van der Waals surface area contributed by atoms with E-state index in [4.69, 9.17) is 17.3 Å². The predicted molar refractivity (Wildman–Crippen MR) is 107 cm³/mol. The summed E-state index contributed by atoms with van der Waals surface area (Å²) in [5.41, 5.74) is 7.76. The van der Waals surface area contributed by atoms with Gasteiger partial charge in [0.25, 0.3) is 0 Å². The van der Waals surface area contributed by atoms with Gasteiger partial charge in [0.1, 0.15) is 0 Å². The van der Waals surface area contributed by atoms with Crippen molar-refractivity contribution in [3.63, 3.8) is 0 Å². The lowest BCUT2D eigenvalue weighted by atomic mass is 10.1. The number of carbonyl (C=O) groups excluding carboxylic acids is 2. The standard InChI is InChI=1S/C20H23ClN4O2/c21-17-5-2-6-18(12-17)24-7-9-25(10-8-24)19(26)14-23-13-15-3-1-4-16(11-15)20(22)27/h1-6,11-12,23H,7-10,13-14H2,(H2,22,27). The first-order chi connectivity index (χ1) is 13.0. The molecule has 6 nitrogen and oxygen atoms in total. The number of benzene rings is 2. The molecule has 1 saturated heterocycles. The minimum atomic E-state index is -0.453. The van der Waals surface area contributed by atoms with E-state index in [9.17, 15) is 9.59 Å². The molecule has 0 saturated carbocycles. The summed E-state index contributed by atoms with van der Waals surface area (Å²) in [6, 6.07) is 14.9. The molecule has 0 atom stereocenters. The number of nitrogens with one attached hydrogen (secondary N) is 1. The van der Waals surface area contributed by atoms with Gasteiger partial charge in [0.05, 0.1) is 6.54 Å². The largest absolute Gasteiger partial charge is 0.368 e. The number of carbonyl (C=O) groups is 2. The molecule has 0 unspecified atom stereocenters. The van der Waals surface area contributed by atoms with Crippen LogP contribution < -0.4 is 16.0 Å². The van der Waals surface area contributed by atoms with Crippen LogP contribution in [-0.4, -0.2) is 49.4 Å². The van der Waals surface area contributed by atoms with E-state index in [1.54, 1.807) is 18.2 Å². The monoisotopic (exact) mass is 386 g/mol. The van der Waals surface area contributed by atoms with Crippen LogP contribution in [0.15, 0.2) is 48.5 Å². The van der Waals surface area contributed by atoms with Crippen LogP contribution in [-0.2, 0) is 11.3 Å². The Labute approximate surface area is 163 Å². The summed E-state index contributed by atoms with van der Waals surface area (Å²) in [5.74, 6) is -0.377. The second-order valence-electron chi connectivity index (χ2n) is 6.52. The van der Waals surface area contributed by atoms with Crippen LogP contribution >= 0.6 is 11.6 Å². The maximum atomic E-state index is 12.4. The molecule has 1 fully saturated rings. The number of rotatable bonds is 6. The number of hydrogen-bond acceptors (Lipinski definition) is 4. The van der Waals surface area contributed by atoms with Crippen molar-refractivity contribution in [2.24, 2.45) is 5.73 Å². The van der Waals surface area contributed by atoms with Crippen molar-refractivity contribution < 1.29 is 9.59 Å². The van der Waals surface area contributed by atoms with Gasteiger partial charge in [0.15, 0.2) is 0 Å². The van der Waals surface area contributed by atoms with Crippen molar-refractivity contribution in [3.8, 4) is 0 Å². The number of nitrogens with two attached hydrogens (primary N) is 1. The normalized spacial score (nSPS) is 14.3. The van der Waals surface area contributed by atoms with Gasteiger partial charge in [-0.15, -0.1) is 0 Å². The van der Waals surface area contributed by atoms with Crippen molar-refractivity contribution in [1.29, 1.82) is 0 Å². The molecule has 0 aromatic heterocycles. The molecular weight excluding hydrogens is 364 g/mol. The first-order valence-corrected chi connectivity index (χ1v) is 9.28. The van der Waals surface area contributed by atoms with Crippen LogP contribution in [0.2, 0.25) is 5.02 Å². The summed E-state index contributed by atoms with van der Waals surface area (Å²) in [4.78, 5) is 27.7. The highest BCUT2D eigenvalue weighted by atomic mass is 35.5. The van der Waals surface area contributed by atoms with Gasteiger partial charge < -0.3 is 20.9 Å². The van der Waals surface area contributed by atoms with Gasteiger partial charge in [-0.1, -0.05) is 29.8 Å². The van der Waals surface area contributed by atoms with Gasteiger partial charge >= 0.3 is 0 Å². The SMILES string of the molecule is NC(=O)c1cccc(CNCC(=O)N2CCN(c3cccc(Cl)c3)CC2)c1. The molecule has 7 heteroatoms. The quantitative estimate of drug-likeness (QED) is 0.794. The lowest BCUT2D eigenvalue weighted by molar-refractivity contribution is -0.130. The summed E-state index contributed by atoms with van der Waals surface area (Å²) in [5, 5.41) is 3.86. The van der Waals surface area contributed by atoms with Crippen LogP contribution in [0.4, 0.5) is 5.69 Å². The molecule has 27 heavy (non-hydrogen) atoms. The zero-order valence-corrected chi connectivity index (χ0v) is 15.8. The fourth-order valence-corrected chi connectivity index (χ4v) is 3.33. The van der Waals surface area contributed by atoms with E-state index in [1.165, 1.54) is 0 Å². The van der Waals surface area contributed by atoms with Crippen molar-refractivity contribution in [2.45, 2.75) is 6.54 Å². The third kappa shape index (κ3) is 5.21. The van der Waals surface area contributed by atoms with E-state index >= 15 is 0 Å². The van der Waals surface area contributed by atoms with Gasteiger partial charge in [0.2, 0.25) is 11.8 Å². The molecule has 0 radical (unpaired) electrons. The number of hydrogen-bond donors (Lipinski definition) is 2. The zero-order valence-electron chi connectivity index (χ0n) is 15.0. The minimum absolute atomic E-state index is 0.0757. The lowest BCUT2D eigenvalue weighted by Crippen LogP contribution is -2.50. The maximum absolute atomic E-state index is 12.4. The number of primary amides is 1. The third-order valence-corrected chi connectivity index (χ3v) is 4.86. The molecule has 142 valence electrons. The number of halogens is 1. The molecule has 2 amide bonds. The van der Waals surface area contributed by atoms with E-state index in [1.807, 2.05) is 35.2 Å². The van der Waals surface area contributed by atoms with Gasteiger partial charge in [0, 0.05) is 49.0 Å². The fourth-order valence-electron chi connectivity index (χ4n) is 3.15. The summed E-state index contributed by atoms with van der Waals surface area (Å²) in [6.07, 6.45) is 0. The number of piperazine rings is 1. The Morgan fingerprint density at radius 1 is 1.04 bits per heavy atom. The van der Waals surface area contributed by atoms with Gasteiger partial charge in [-0.3, -0.25) is 9.59 Å². The van der Waals surface area contributed by atoms with E-state index in [-0.39, 0.29) is 12.5 Å². The molecule has 0 bridgehead atoms. The summed E-state index contributed by atoms with van der Waals surface area (Å²) in [6.45, 7) is 3.71.